The maximum Gasteiger partial charge on any atom is 0.147 e. The highest BCUT2D eigenvalue weighted by molar-refractivity contribution is 5.98. The minimum atomic E-state index is -0.000494. The van der Waals surface area contributed by atoms with E-state index in [1.54, 1.807) is 0 Å². The second-order valence-corrected chi connectivity index (χ2v) is 5.18. The van der Waals surface area contributed by atoms with Gasteiger partial charge in [0.15, 0.2) is 0 Å². The summed E-state index contributed by atoms with van der Waals surface area (Å²) in [5.41, 5.74) is 1.37. The lowest BCUT2D eigenvalue weighted by Crippen LogP contribution is -2.29. The van der Waals surface area contributed by atoms with E-state index < -0.39 is 0 Å². The van der Waals surface area contributed by atoms with Gasteiger partial charge in [-0.15, -0.1) is 0 Å². The molecular formula is C15H26OSi. The molecular weight excluding hydrogens is 224 g/mol. The fourth-order valence-corrected chi connectivity index (χ4v) is 3.05. The molecule has 0 atom stereocenters. The lowest BCUT2D eigenvalue weighted by atomic mass is 9.84. The van der Waals surface area contributed by atoms with Crippen molar-refractivity contribution in [3.63, 3.8) is 0 Å². The zero-order valence-corrected chi connectivity index (χ0v) is 13.5. The van der Waals surface area contributed by atoms with Crippen molar-refractivity contribution in [3.8, 4) is 0 Å². The third kappa shape index (κ3) is 3.97. The van der Waals surface area contributed by atoms with E-state index >= 15 is 0 Å². The van der Waals surface area contributed by atoms with Crippen LogP contribution in [0.25, 0.3) is 0 Å². The highest BCUT2D eigenvalue weighted by Crippen LogP contribution is 2.35. The van der Waals surface area contributed by atoms with Crippen LogP contribution in [0.2, 0.25) is 0 Å². The van der Waals surface area contributed by atoms with Crippen LogP contribution in [0.5, 0.6) is 0 Å². The molecule has 0 bridgehead atoms. The lowest BCUT2D eigenvalue weighted by Gasteiger charge is -2.34. The summed E-state index contributed by atoms with van der Waals surface area (Å²) in [5, 5.41) is 0. The first kappa shape index (κ1) is 14.5. The average molecular weight is 250 g/mol. The summed E-state index contributed by atoms with van der Waals surface area (Å²) in [4.78, 5) is 0. The molecule has 2 heteroatoms. The van der Waals surface area contributed by atoms with Gasteiger partial charge in [0.25, 0.3) is 0 Å². The summed E-state index contributed by atoms with van der Waals surface area (Å²) in [7, 11) is 0.814. The fourth-order valence-electron chi connectivity index (χ4n) is 2.40. The Morgan fingerprint density at radius 2 is 1.53 bits per heavy atom. The molecule has 0 heterocycles. The summed E-state index contributed by atoms with van der Waals surface area (Å²) < 4.78 is 6.07. The molecule has 0 aliphatic carbocycles. The van der Waals surface area contributed by atoms with Crippen LogP contribution in [0.15, 0.2) is 30.3 Å². The quantitative estimate of drug-likeness (QED) is 0.641. The Morgan fingerprint density at radius 3 is 1.94 bits per heavy atom. The zero-order chi connectivity index (χ0) is 12.6. The van der Waals surface area contributed by atoms with Gasteiger partial charge >= 0.3 is 0 Å². The van der Waals surface area contributed by atoms with Crippen LogP contribution < -0.4 is 0 Å². The van der Waals surface area contributed by atoms with Gasteiger partial charge in [0.2, 0.25) is 0 Å². The van der Waals surface area contributed by atoms with Crippen molar-refractivity contribution in [2.45, 2.75) is 58.0 Å². The highest BCUT2D eigenvalue weighted by Gasteiger charge is 2.29. The molecule has 0 unspecified atom stereocenters. The van der Waals surface area contributed by atoms with Gasteiger partial charge in [-0.05, 0) is 18.4 Å². The monoisotopic (exact) mass is 250 g/mol. The molecule has 0 N–H and O–H groups in total. The molecule has 0 radical (unpaired) electrons. The Hall–Kier alpha value is -0.603. The van der Waals surface area contributed by atoms with Gasteiger partial charge < -0.3 is 4.43 Å². The van der Waals surface area contributed by atoms with Crippen molar-refractivity contribution in [1.82, 2.24) is 0 Å². The molecule has 1 rings (SSSR count). The fraction of sp³-hybridized carbons (Fsp3) is 0.600. The van der Waals surface area contributed by atoms with Gasteiger partial charge in [0, 0.05) is 0 Å². The van der Waals surface area contributed by atoms with E-state index in [0.717, 1.165) is 23.3 Å². The first-order valence-electron chi connectivity index (χ1n) is 6.89. The molecule has 0 saturated carbocycles. The molecule has 0 aromatic heterocycles. The standard InChI is InChI=1S/C15H26OSi/c1-3-5-12-15(16-17,13-6-4-2)14-10-8-7-9-11-14/h7-11H,3-6,12-13H2,1-2,17H3. The molecule has 17 heavy (non-hydrogen) atoms. The topological polar surface area (TPSA) is 9.23 Å². The number of rotatable bonds is 8. The molecule has 0 spiro atoms. The smallest absolute Gasteiger partial charge is 0.147 e. The minimum Gasteiger partial charge on any atom is -0.418 e. The van der Waals surface area contributed by atoms with Crippen molar-refractivity contribution >= 4 is 10.5 Å². The molecule has 1 nitrogen and oxygen atoms in total. The summed E-state index contributed by atoms with van der Waals surface area (Å²) in [6.45, 7) is 4.51. The zero-order valence-electron chi connectivity index (χ0n) is 11.5. The molecule has 0 aliphatic rings. The predicted octanol–water partition coefficient (Wildman–Crippen LogP) is 3.56. The van der Waals surface area contributed by atoms with E-state index in [1.807, 2.05) is 0 Å². The Labute approximate surface area is 109 Å². The van der Waals surface area contributed by atoms with Crippen LogP contribution in [0.4, 0.5) is 0 Å². The summed E-state index contributed by atoms with van der Waals surface area (Å²) in [6, 6.07) is 10.8. The lowest BCUT2D eigenvalue weighted by molar-refractivity contribution is 0.0522. The van der Waals surface area contributed by atoms with Gasteiger partial charge in [-0.1, -0.05) is 69.9 Å². The highest BCUT2D eigenvalue weighted by atomic mass is 28.2. The Bertz CT molecular complexity index is 289. The normalized spacial score (nSPS) is 11.9. The molecule has 1 aromatic carbocycles. The molecule has 0 fully saturated rings. The first-order valence-corrected chi connectivity index (χ1v) is 7.71. The third-order valence-electron chi connectivity index (χ3n) is 3.56. The van der Waals surface area contributed by atoms with E-state index in [-0.39, 0.29) is 5.60 Å². The van der Waals surface area contributed by atoms with Gasteiger partial charge in [-0.2, -0.15) is 0 Å². The SMILES string of the molecule is CCCCC(CCCC)(O[SiH3])c1ccccc1. The average Bonchev–Trinajstić information content (AvgIpc) is 2.41. The van der Waals surface area contributed by atoms with Crippen molar-refractivity contribution in [2.75, 3.05) is 0 Å². The van der Waals surface area contributed by atoms with E-state index in [0.29, 0.717) is 0 Å². The second kappa shape index (κ2) is 7.67. The van der Waals surface area contributed by atoms with E-state index in [4.69, 9.17) is 4.43 Å². The summed E-state index contributed by atoms with van der Waals surface area (Å²) in [6.07, 6.45) is 7.31. The Morgan fingerprint density at radius 1 is 1.00 bits per heavy atom. The van der Waals surface area contributed by atoms with Gasteiger partial charge in [-0.25, -0.2) is 0 Å². The molecule has 0 saturated heterocycles. The minimum absolute atomic E-state index is 0.000494. The van der Waals surface area contributed by atoms with Gasteiger partial charge in [0.05, 0.1) is 5.60 Å². The maximum atomic E-state index is 6.07. The first-order chi connectivity index (χ1) is 8.29. The van der Waals surface area contributed by atoms with Crippen LogP contribution >= 0.6 is 0 Å². The van der Waals surface area contributed by atoms with E-state index in [9.17, 15) is 0 Å². The van der Waals surface area contributed by atoms with Gasteiger partial charge in [0.1, 0.15) is 10.5 Å². The molecule has 0 amide bonds. The largest absolute Gasteiger partial charge is 0.418 e. The molecule has 1 aromatic rings. The molecule has 0 aliphatic heterocycles. The molecule has 96 valence electrons. The Kier molecular flexibility index (Phi) is 6.52. The van der Waals surface area contributed by atoms with Crippen LogP contribution in [-0.2, 0) is 10.0 Å². The Balaban J connectivity index is 2.89. The van der Waals surface area contributed by atoms with E-state index in [1.165, 1.54) is 31.2 Å². The summed E-state index contributed by atoms with van der Waals surface area (Å²) in [5.74, 6) is 0. The van der Waals surface area contributed by atoms with Crippen LogP contribution in [0, 0.1) is 0 Å². The third-order valence-corrected chi connectivity index (χ3v) is 4.34. The van der Waals surface area contributed by atoms with Gasteiger partial charge in [-0.3, -0.25) is 0 Å². The number of benzene rings is 1. The van der Waals surface area contributed by atoms with Crippen molar-refractivity contribution in [2.24, 2.45) is 0 Å². The van der Waals surface area contributed by atoms with Crippen LogP contribution in [0.1, 0.15) is 57.9 Å². The maximum absolute atomic E-state index is 6.07. The summed E-state index contributed by atoms with van der Waals surface area (Å²) >= 11 is 0. The number of hydrogen-bond acceptors (Lipinski definition) is 1. The second-order valence-electron chi connectivity index (χ2n) is 4.77. The van der Waals surface area contributed by atoms with E-state index in [2.05, 4.69) is 44.2 Å². The number of hydrogen-bond donors (Lipinski definition) is 0. The number of unbranched alkanes of at least 4 members (excludes halogenated alkanes) is 2. The van der Waals surface area contributed by atoms with Crippen LogP contribution in [0.3, 0.4) is 0 Å². The predicted molar refractivity (Wildman–Crippen MR) is 78.2 cm³/mol. The van der Waals surface area contributed by atoms with Crippen LogP contribution in [-0.4, -0.2) is 10.5 Å². The van der Waals surface area contributed by atoms with Crippen molar-refractivity contribution in [1.29, 1.82) is 0 Å². The van der Waals surface area contributed by atoms with Crippen molar-refractivity contribution < 1.29 is 4.43 Å². The van der Waals surface area contributed by atoms with Crippen molar-refractivity contribution in [3.05, 3.63) is 35.9 Å².